The fraction of sp³-hybridized carbons (Fsp3) is 0.611. The molecule has 0 saturated heterocycles. The first-order valence-corrected chi connectivity index (χ1v) is 15.9. The third-order valence-corrected chi connectivity index (χ3v) is 6.08. The van der Waals surface area contributed by atoms with Crippen LogP contribution in [0.3, 0.4) is 0 Å². The number of carboxylic acid groups (broad SMARTS) is 2. The molecule has 4 nitrogen and oxygen atoms in total. The van der Waals surface area contributed by atoms with E-state index in [2.05, 4.69) is 86.8 Å². The number of unbranched alkanes of at least 4 members (excludes halogenated alkanes) is 10. The zero-order valence-corrected chi connectivity index (χ0v) is 29.1. The zero-order chi connectivity index (χ0) is 29.8. The van der Waals surface area contributed by atoms with Crippen molar-refractivity contribution in [2.24, 2.45) is 0 Å². The monoisotopic (exact) mass is 676 g/mol. The molecule has 0 fully saturated rings. The first-order chi connectivity index (χ1) is 19.5. The molecule has 0 aliphatic carbocycles. The number of hydrogen-bond acceptors (Lipinski definition) is 2. The number of carboxylic acids is 2. The Kier molecular flexibility index (Phi) is 42.9. The van der Waals surface area contributed by atoms with Crippen LogP contribution < -0.4 is 0 Å². The number of allylic oxidation sites excluding steroid dienone is 12. The normalized spacial score (nSPS) is 11.8. The van der Waals surface area contributed by atoms with Crippen LogP contribution in [-0.2, 0) is 9.59 Å². The molecule has 0 aromatic rings. The Balaban J connectivity index is -0.000000688. The molecule has 0 atom stereocenters. The van der Waals surface area contributed by atoms with Gasteiger partial charge in [-0.3, -0.25) is 9.59 Å². The van der Waals surface area contributed by atoms with Crippen LogP contribution in [0.25, 0.3) is 0 Å². The van der Waals surface area contributed by atoms with Crippen molar-refractivity contribution in [2.75, 3.05) is 0 Å². The standard InChI is InChI=1S/2C18H30O2.Sn/c2*1-2-3-4-5-6-7-8-9-10-11-12-13-14-15-16-17-18(19)20;/h2*3-4,6-7,9-10H,2,5,8,11-17H2,1H3,(H,19,20);/b2*4-3-,7-6-,10-9-;. The molecule has 0 unspecified atom stereocenters. The van der Waals surface area contributed by atoms with E-state index >= 15 is 0 Å². The largest absolute Gasteiger partial charge is 0.481 e. The molecule has 232 valence electrons. The third kappa shape index (κ3) is 48.3. The predicted molar refractivity (Wildman–Crippen MR) is 180 cm³/mol. The first kappa shape index (κ1) is 43.6. The van der Waals surface area contributed by atoms with Gasteiger partial charge in [0.2, 0.25) is 0 Å². The molecule has 4 radical (unpaired) electrons. The molecule has 0 bridgehead atoms. The van der Waals surface area contributed by atoms with E-state index in [4.69, 9.17) is 10.2 Å². The molecule has 0 heterocycles. The van der Waals surface area contributed by atoms with Gasteiger partial charge in [0, 0.05) is 36.7 Å². The molecule has 0 saturated carbocycles. The van der Waals surface area contributed by atoms with E-state index in [1.807, 2.05) is 0 Å². The second-order valence-electron chi connectivity index (χ2n) is 9.99. The van der Waals surface area contributed by atoms with E-state index in [-0.39, 0.29) is 23.9 Å². The Labute approximate surface area is 269 Å². The average molecular weight is 676 g/mol. The van der Waals surface area contributed by atoms with Gasteiger partial charge in [-0.1, -0.05) is 125 Å². The molecule has 0 aliphatic rings. The minimum Gasteiger partial charge on any atom is -0.481 e. The van der Waals surface area contributed by atoms with Gasteiger partial charge in [0.15, 0.2) is 0 Å². The molecule has 5 heteroatoms. The molecule has 0 aromatic carbocycles. The van der Waals surface area contributed by atoms with E-state index in [1.54, 1.807) is 0 Å². The SMILES string of the molecule is CC/C=C\C/C=C\C/C=C\CCCCCCCC(=O)O.CC/C=C\C/C=C\C/C=C\CCCCCCCC(=O)O.[Sn]. The van der Waals surface area contributed by atoms with Crippen molar-refractivity contribution in [3.63, 3.8) is 0 Å². The summed E-state index contributed by atoms with van der Waals surface area (Å²) in [6.45, 7) is 4.30. The summed E-state index contributed by atoms with van der Waals surface area (Å²) in [5.74, 6) is -1.35. The van der Waals surface area contributed by atoms with Crippen molar-refractivity contribution < 1.29 is 19.8 Å². The smallest absolute Gasteiger partial charge is 0.303 e. The van der Waals surface area contributed by atoms with Crippen LogP contribution >= 0.6 is 0 Å². The van der Waals surface area contributed by atoms with Gasteiger partial charge in [-0.2, -0.15) is 0 Å². The maximum absolute atomic E-state index is 10.3. The molecule has 0 aromatic heterocycles. The van der Waals surface area contributed by atoms with Crippen molar-refractivity contribution >= 4 is 35.8 Å². The summed E-state index contributed by atoms with van der Waals surface area (Å²) in [6.07, 6.45) is 46.8. The summed E-state index contributed by atoms with van der Waals surface area (Å²) in [5.41, 5.74) is 0. The number of hydrogen-bond donors (Lipinski definition) is 2. The van der Waals surface area contributed by atoms with Crippen LogP contribution in [0, 0.1) is 0 Å². The van der Waals surface area contributed by atoms with Crippen molar-refractivity contribution in [3.8, 4) is 0 Å². The van der Waals surface area contributed by atoms with Crippen molar-refractivity contribution in [1.82, 2.24) is 0 Å². The van der Waals surface area contributed by atoms with Gasteiger partial charge in [0.25, 0.3) is 0 Å². The average Bonchev–Trinajstić information content (AvgIpc) is 2.93. The van der Waals surface area contributed by atoms with E-state index in [1.165, 1.54) is 25.7 Å². The molecule has 2 N–H and O–H groups in total. The third-order valence-electron chi connectivity index (χ3n) is 6.08. The zero-order valence-electron chi connectivity index (χ0n) is 26.3. The number of carbonyl (C=O) groups is 2. The number of rotatable bonds is 26. The minimum atomic E-state index is -0.675. The van der Waals surface area contributed by atoms with Crippen molar-refractivity contribution in [2.45, 2.75) is 142 Å². The Bertz CT molecular complexity index is 670. The molecule has 0 aliphatic heterocycles. The van der Waals surface area contributed by atoms with E-state index in [0.29, 0.717) is 12.8 Å². The van der Waals surface area contributed by atoms with Gasteiger partial charge in [0.05, 0.1) is 0 Å². The summed E-state index contributed by atoms with van der Waals surface area (Å²) in [5, 5.41) is 17.0. The molecule has 0 rings (SSSR count). The Morgan fingerprint density at radius 2 is 0.683 bits per heavy atom. The van der Waals surface area contributed by atoms with Gasteiger partial charge < -0.3 is 10.2 Å². The fourth-order valence-corrected chi connectivity index (χ4v) is 3.79. The summed E-state index contributed by atoms with van der Waals surface area (Å²) < 4.78 is 0. The second kappa shape index (κ2) is 40.3. The molecule has 0 spiro atoms. The van der Waals surface area contributed by atoms with Crippen LogP contribution in [0.1, 0.15) is 142 Å². The van der Waals surface area contributed by atoms with Crippen LogP contribution in [0.15, 0.2) is 72.9 Å². The summed E-state index contributed by atoms with van der Waals surface area (Å²) in [7, 11) is 0. The Morgan fingerprint density at radius 1 is 0.415 bits per heavy atom. The molecule has 0 amide bonds. The predicted octanol–water partition coefficient (Wildman–Crippen LogP) is 10.9. The van der Waals surface area contributed by atoms with Crippen LogP contribution in [0.2, 0.25) is 0 Å². The maximum Gasteiger partial charge on any atom is 0.303 e. The van der Waals surface area contributed by atoms with Crippen LogP contribution in [0.4, 0.5) is 0 Å². The Morgan fingerprint density at radius 3 is 1.00 bits per heavy atom. The van der Waals surface area contributed by atoms with Gasteiger partial charge >= 0.3 is 11.9 Å². The summed E-state index contributed by atoms with van der Waals surface area (Å²) >= 11 is 0. The quantitative estimate of drug-likeness (QED) is 0.0544. The Hall–Kier alpha value is -1.82. The maximum atomic E-state index is 10.3. The molecule has 41 heavy (non-hydrogen) atoms. The van der Waals surface area contributed by atoms with E-state index in [0.717, 1.165) is 89.9 Å². The summed E-state index contributed by atoms with van der Waals surface area (Å²) in [4.78, 5) is 20.6. The second-order valence-corrected chi connectivity index (χ2v) is 9.99. The number of aliphatic carboxylic acids is 2. The topological polar surface area (TPSA) is 74.6 Å². The van der Waals surface area contributed by atoms with Crippen molar-refractivity contribution in [3.05, 3.63) is 72.9 Å². The van der Waals surface area contributed by atoms with Crippen LogP contribution in [-0.4, -0.2) is 46.1 Å². The first-order valence-electron chi connectivity index (χ1n) is 15.9. The van der Waals surface area contributed by atoms with Gasteiger partial charge in [-0.15, -0.1) is 0 Å². The van der Waals surface area contributed by atoms with Gasteiger partial charge in [-0.25, -0.2) is 0 Å². The molecular formula is C36H60O4Sn. The van der Waals surface area contributed by atoms with Gasteiger partial charge in [-0.05, 0) is 77.0 Å². The summed E-state index contributed by atoms with van der Waals surface area (Å²) in [6, 6.07) is 0. The van der Waals surface area contributed by atoms with E-state index in [9.17, 15) is 9.59 Å². The fourth-order valence-electron chi connectivity index (χ4n) is 3.79. The minimum absolute atomic E-state index is 0. The van der Waals surface area contributed by atoms with Crippen molar-refractivity contribution in [1.29, 1.82) is 0 Å². The van der Waals surface area contributed by atoms with Gasteiger partial charge in [0.1, 0.15) is 0 Å². The van der Waals surface area contributed by atoms with E-state index < -0.39 is 11.9 Å². The molecular weight excluding hydrogens is 615 g/mol. The van der Waals surface area contributed by atoms with Crippen LogP contribution in [0.5, 0.6) is 0 Å².